The number of nitrogens with one attached hydrogen (secondary N) is 1. The third-order valence-corrected chi connectivity index (χ3v) is 3.62. The Morgan fingerprint density at radius 2 is 2.29 bits per heavy atom. The molecule has 0 bridgehead atoms. The molecule has 0 aromatic carbocycles. The van der Waals surface area contributed by atoms with Gasteiger partial charge in [0, 0.05) is 12.5 Å². The summed E-state index contributed by atoms with van der Waals surface area (Å²) < 4.78 is 5.32. The van der Waals surface area contributed by atoms with E-state index in [2.05, 4.69) is 29.1 Å². The van der Waals surface area contributed by atoms with Gasteiger partial charge in [-0.15, -0.1) is 0 Å². The standard InChI is InChI=1S/C14H19NOS/c1-12(4-5-14-3-2-9-16-14)15-8-6-13-7-10-17-11-13/h2-3,7,9-12,15H,4-6,8H2,1H3. The molecular weight excluding hydrogens is 230 g/mol. The van der Waals surface area contributed by atoms with Gasteiger partial charge in [-0.3, -0.25) is 0 Å². The Morgan fingerprint density at radius 3 is 3.00 bits per heavy atom. The largest absolute Gasteiger partial charge is 0.469 e. The zero-order chi connectivity index (χ0) is 11.9. The Hall–Kier alpha value is -1.06. The van der Waals surface area contributed by atoms with Crippen LogP contribution in [0.4, 0.5) is 0 Å². The van der Waals surface area contributed by atoms with Gasteiger partial charge in [-0.05, 0) is 60.8 Å². The van der Waals surface area contributed by atoms with Crippen molar-refractivity contribution in [2.24, 2.45) is 0 Å². The monoisotopic (exact) mass is 249 g/mol. The lowest BCUT2D eigenvalue weighted by Crippen LogP contribution is -2.28. The molecule has 0 spiro atoms. The van der Waals surface area contributed by atoms with Crippen LogP contribution < -0.4 is 5.32 Å². The van der Waals surface area contributed by atoms with Gasteiger partial charge in [0.05, 0.1) is 6.26 Å². The molecule has 17 heavy (non-hydrogen) atoms. The molecule has 2 heterocycles. The van der Waals surface area contributed by atoms with E-state index in [0.717, 1.165) is 31.6 Å². The Kier molecular flexibility index (Phi) is 4.83. The normalized spacial score (nSPS) is 12.8. The molecular formula is C14H19NOS. The minimum Gasteiger partial charge on any atom is -0.469 e. The quantitative estimate of drug-likeness (QED) is 0.812. The van der Waals surface area contributed by atoms with Gasteiger partial charge in [0.1, 0.15) is 5.76 Å². The highest BCUT2D eigenvalue weighted by Crippen LogP contribution is 2.07. The van der Waals surface area contributed by atoms with Gasteiger partial charge >= 0.3 is 0 Å². The Morgan fingerprint density at radius 1 is 1.35 bits per heavy atom. The third kappa shape index (κ3) is 4.36. The lowest BCUT2D eigenvalue weighted by Gasteiger charge is -2.12. The zero-order valence-electron chi connectivity index (χ0n) is 10.2. The molecule has 1 atom stereocenters. The number of rotatable bonds is 7. The molecule has 0 aliphatic carbocycles. The van der Waals surface area contributed by atoms with Gasteiger partial charge in [0.2, 0.25) is 0 Å². The third-order valence-electron chi connectivity index (χ3n) is 2.89. The lowest BCUT2D eigenvalue weighted by molar-refractivity contribution is 0.462. The van der Waals surface area contributed by atoms with Crippen LogP contribution in [0, 0.1) is 0 Å². The molecule has 2 nitrogen and oxygen atoms in total. The zero-order valence-corrected chi connectivity index (χ0v) is 11.0. The SMILES string of the molecule is CC(CCc1ccco1)NCCc1ccsc1. The molecule has 1 unspecified atom stereocenters. The van der Waals surface area contributed by atoms with Crippen molar-refractivity contribution in [3.8, 4) is 0 Å². The number of aryl methyl sites for hydroxylation is 1. The summed E-state index contributed by atoms with van der Waals surface area (Å²) in [6, 6.07) is 6.72. The van der Waals surface area contributed by atoms with E-state index in [0.29, 0.717) is 6.04 Å². The summed E-state index contributed by atoms with van der Waals surface area (Å²) >= 11 is 1.77. The molecule has 2 aromatic heterocycles. The second-order valence-electron chi connectivity index (χ2n) is 4.35. The molecule has 0 saturated heterocycles. The van der Waals surface area contributed by atoms with Crippen LogP contribution in [0.1, 0.15) is 24.7 Å². The fraction of sp³-hybridized carbons (Fsp3) is 0.429. The summed E-state index contributed by atoms with van der Waals surface area (Å²) in [5.74, 6) is 1.08. The van der Waals surface area contributed by atoms with Crippen LogP contribution >= 0.6 is 11.3 Å². The highest BCUT2D eigenvalue weighted by molar-refractivity contribution is 7.07. The maximum atomic E-state index is 5.32. The van der Waals surface area contributed by atoms with E-state index in [9.17, 15) is 0 Å². The van der Waals surface area contributed by atoms with Crippen molar-refractivity contribution in [2.45, 2.75) is 32.2 Å². The van der Waals surface area contributed by atoms with E-state index in [1.807, 2.05) is 12.1 Å². The summed E-state index contributed by atoms with van der Waals surface area (Å²) in [7, 11) is 0. The van der Waals surface area contributed by atoms with Gasteiger partial charge in [-0.25, -0.2) is 0 Å². The predicted molar refractivity (Wildman–Crippen MR) is 72.5 cm³/mol. The Labute approximate surface area is 107 Å². The fourth-order valence-corrected chi connectivity index (χ4v) is 2.52. The van der Waals surface area contributed by atoms with Crippen molar-refractivity contribution in [3.05, 3.63) is 46.5 Å². The average Bonchev–Trinajstić information content (AvgIpc) is 2.99. The van der Waals surface area contributed by atoms with Crippen LogP contribution in [0.25, 0.3) is 0 Å². The second kappa shape index (κ2) is 6.62. The molecule has 2 aromatic rings. The van der Waals surface area contributed by atoms with Crippen molar-refractivity contribution in [3.63, 3.8) is 0 Å². The highest BCUT2D eigenvalue weighted by Gasteiger charge is 2.03. The van der Waals surface area contributed by atoms with Gasteiger partial charge < -0.3 is 9.73 Å². The van der Waals surface area contributed by atoms with Crippen molar-refractivity contribution in [1.82, 2.24) is 5.32 Å². The molecule has 3 heteroatoms. The summed E-state index contributed by atoms with van der Waals surface area (Å²) in [4.78, 5) is 0. The Balaban J connectivity index is 1.59. The number of hydrogen-bond acceptors (Lipinski definition) is 3. The summed E-state index contributed by atoms with van der Waals surface area (Å²) in [6.45, 7) is 3.28. The molecule has 0 radical (unpaired) electrons. The van der Waals surface area contributed by atoms with E-state index >= 15 is 0 Å². The van der Waals surface area contributed by atoms with E-state index in [-0.39, 0.29) is 0 Å². The van der Waals surface area contributed by atoms with Gasteiger partial charge in [-0.1, -0.05) is 0 Å². The van der Waals surface area contributed by atoms with Crippen molar-refractivity contribution < 1.29 is 4.42 Å². The highest BCUT2D eigenvalue weighted by atomic mass is 32.1. The summed E-state index contributed by atoms with van der Waals surface area (Å²) in [5, 5.41) is 7.90. The topological polar surface area (TPSA) is 25.2 Å². The van der Waals surface area contributed by atoms with Crippen LogP contribution in [0.5, 0.6) is 0 Å². The van der Waals surface area contributed by atoms with Crippen LogP contribution in [0.3, 0.4) is 0 Å². The maximum absolute atomic E-state index is 5.32. The molecule has 1 N–H and O–H groups in total. The first-order valence-electron chi connectivity index (χ1n) is 6.11. The van der Waals surface area contributed by atoms with Crippen LogP contribution in [0.2, 0.25) is 0 Å². The molecule has 92 valence electrons. The first kappa shape index (κ1) is 12.4. The summed E-state index contributed by atoms with van der Waals surface area (Å²) in [6.07, 6.45) is 5.00. The molecule has 0 amide bonds. The summed E-state index contributed by atoms with van der Waals surface area (Å²) in [5.41, 5.74) is 1.43. The van der Waals surface area contributed by atoms with Crippen molar-refractivity contribution >= 4 is 11.3 Å². The van der Waals surface area contributed by atoms with E-state index < -0.39 is 0 Å². The second-order valence-corrected chi connectivity index (χ2v) is 5.13. The molecule has 0 fully saturated rings. The molecule has 0 aliphatic rings. The van der Waals surface area contributed by atoms with E-state index in [1.165, 1.54) is 5.56 Å². The van der Waals surface area contributed by atoms with E-state index in [4.69, 9.17) is 4.42 Å². The average molecular weight is 249 g/mol. The van der Waals surface area contributed by atoms with Crippen molar-refractivity contribution in [1.29, 1.82) is 0 Å². The maximum Gasteiger partial charge on any atom is 0.103 e. The lowest BCUT2D eigenvalue weighted by atomic mass is 10.1. The van der Waals surface area contributed by atoms with Crippen molar-refractivity contribution in [2.75, 3.05) is 6.54 Å². The number of furan rings is 1. The van der Waals surface area contributed by atoms with Gasteiger partial charge in [0.25, 0.3) is 0 Å². The van der Waals surface area contributed by atoms with E-state index in [1.54, 1.807) is 17.6 Å². The minimum atomic E-state index is 0.540. The Bertz CT molecular complexity index is 394. The smallest absolute Gasteiger partial charge is 0.103 e. The number of hydrogen-bond donors (Lipinski definition) is 1. The van der Waals surface area contributed by atoms with Gasteiger partial charge in [0.15, 0.2) is 0 Å². The van der Waals surface area contributed by atoms with Gasteiger partial charge in [-0.2, -0.15) is 11.3 Å². The van der Waals surface area contributed by atoms with Crippen LogP contribution in [0.15, 0.2) is 39.6 Å². The predicted octanol–water partition coefficient (Wildman–Crippen LogP) is 3.49. The first-order chi connectivity index (χ1) is 8.34. The minimum absolute atomic E-state index is 0.540. The molecule has 0 aliphatic heterocycles. The first-order valence-corrected chi connectivity index (χ1v) is 7.05. The van der Waals surface area contributed by atoms with Crippen LogP contribution in [-0.2, 0) is 12.8 Å². The fourth-order valence-electron chi connectivity index (χ4n) is 1.81. The number of thiophene rings is 1. The van der Waals surface area contributed by atoms with Crippen LogP contribution in [-0.4, -0.2) is 12.6 Å². The molecule has 0 saturated carbocycles. The molecule has 2 rings (SSSR count).